The van der Waals surface area contributed by atoms with E-state index in [-0.39, 0.29) is 18.3 Å². The normalized spacial score (nSPS) is 10.8. The molecule has 3 aromatic rings. The van der Waals surface area contributed by atoms with Crippen LogP contribution in [-0.2, 0) is 0 Å². The highest BCUT2D eigenvalue weighted by atomic mass is 79.9. The Morgan fingerprint density at radius 3 is 2.46 bits per heavy atom. The summed E-state index contributed by atoms with van der Waals surface area (Å²) in [6.07, 6.45) is 0. The highest BCUT2D eigenvalue weighted by Crippen LogP contribution is 2.30. The summed E-state index contributed by atoms with van der Waals surface area (Å²) in [7, 11) is 4.01. The molecule has 4 nitrogen and oxygen atoms in total. The third-order valence-electron chi connectivity index (χ3n) is 3.87. The lowest BCUT2D eigenvalue weighted by Crippen LogP contribution is -2.36. The molecule has 0 aliphatic rings. The molecule has 1 heterocycles. The van der Waals surface area contributed by atoms with E-state index in [9.17, 15) is 4.79 Å². The van der Waals surface area contributed by atoms with E-state index in [1.54, 1.807) is 16.2 Å². The molecular weight excluding hydrogens is 434 g/mol. The first-order chi connectivity index (χ1) is 11.9. The van der Waals surface area contributed by atoms with E-state index in [1.807, 2.05) is 50.5 Å². The number of aryl methyl sites for hydroxylation is 1. The molecule has 2 aromatic carbocycles. The summed E-state index contributed by atoms with van der Waals surface area (Å²) < 4.78 is 2.06. The maximum Gasteiger partial charge on any atom is 0.260 e. The predicted octanol–water partition coefficient (Wildman–Crippen LogP) is 5.00. The van der Waals surface area contributed by atoms with Crippen molar-refractivity contribution in [1.29, 1.82) is 0 Å². The summed E-state index contributed by atoms with van der Waals surface area (Å²) in [4.78, 5) is 21.6. The first-order valence-corrected chi connectivity index (χ1v) is 9.64. The number of nitrogens with zero attached hydrogens (tertiary/aromatic N) is 3. The molecule has 0 saturated heterocycles. The first-order valence-electron chi connectivity index (χ1n) is 8.03. The summed E-state index contributed by atoms with van der Waals surface area (Å²) in [5.74, 6) is -0.0230. The minimum atomic E-state index is -0.0230. The van der Waals surface area contributed by atoms with Crippen molar-refractivity contribution in [2.45, 2.75) is 6.92 Å². The number of likely N-dealkylation sites (N-methyl/N-ethyl adjacent to an activating group) is 1. The molecule has 0 aliphatic carbocycles. The second-order valence-corrected chi connectivity index (χ2v) is 8.16. The zero-order valence-corrected chi connectivity index (χ0v) is 18.1. The van der Waals surface area contributed by atoms with Gasteiger partial charge in [-0.3, -0.25) is 9.69 Å². The fourth-order valence-electron chi connectivity index (χ4n) is 2.47. The van der Waals surface area contributed by atoms with Crippen molar-refractivity contribution in [2.24, 2.45) is 0 Å². The van der Waals surface area contributed by atoms with E-state index < -0.39 is 0 Å². The fourth-order valence-corrected chi connectivity index (χ4v) is 3.82. The highest BCUT2D eigenvalue weighted by molar-refractivity contribution is 9.10. The van der Waals surface area contributed by atoms with Gasteiger partial charge in [0.2, 0.25) is 0 Å². The van der Waals surface area contributed by atoms with Gasteiger partial charge < -0.3 is 4.90 Å². The van der Waals surface area contributed by atoms with Gasteiger partial charge in [-0.25, -0.2) is 4.98 Å². The van der Waals surface area contributed by atoms with Crippen molar-refractivity contribution in [1.82, 2.24) is 9.88 Å². The second-order valence-electron chi connectivity index (χ2n) is 6.23. The first kappa shape index (κ1) is 20.8. The molecule has 0 bridgehead atoms. The number of carbonyl (C=O) groups is 1. The van der Waals surface area contributed by atoms with Crippen LogP contribution < -0.4 is 4.90 Å². The molecule has 1 amide bonds. The van der Waals surface area contributed by atoms with Gasteiger partial charge in [0.25, 0.3) is 5.91 Å². The zero-order valence-electron chi connectivity index (χ0n) is 14.9. The number of halogens is 2. The number of hydrogen-bond acceptors (Lipinski definition) is 4. The van der Waals surface area contributed by atoms with E-state index in [0.29, 0.717) is 12.1 Å². The number of fused-ring (bicyclic) bond motifs is 1. The van der Waals surface area contributed by atoms with Crippen LogP contribution in [0.25, 0.3) is 10.2 Å². The minimum absolute atomic E-state index is 0. The van der Waals surface area contributed by atoms with Gasteiger partial charge in [-0.15, -0.1) is 12.4 Å². The standard InChI is InChI=1S/C19H20BrN3OS.ClH/c1-13-4-9-16-17(12-13)25-19(21-16)23(11-10-22(2)3)18(24)14-5-7-15(20)8-6-14;/h4-9,12H,10-11H2,1-3H3;1H. The molecule has 0 N–H and O–H groups in total. The molecule has 0 unspecified atom stereocenters. The number of aromatic nitrogens is 1. The van der Waals surface area contributed by atoms with Crippen LogP contribution in [0.5, 0.6) is 0 Å². The highest BCUT2D eigenvalue weighted by Gasteiger charge is 2.21. The Labute approximate surface area is 172 Å². The maximum atomic E-state index is 13.1. The molecule has 26 heavy (non-hydrogen) atoms. The summed E-state index contributed by atoms with van der Waals surface area (Å²) in [5.41, 5.74) is 2.79. The van der Waals surface area contributed by atoms with Gasteiger partial charge in [-0.2, -0.15) is 0 Å². The molecule has 0 fully saturated rings. The molecule has 7 heteroatoms. The smallest absolute Gasteiger partial charge is 0.260 e. The second kappa shape index (κ2) is 8.95. The Morgan fingerprint density at radius 2 is 1.81 bits per heavy atom. The molecule has 0 atom stereocenters. The largest absolute Gasteiger partial charge is 0.308 e. The third kappa shape index (κ3) is 4.82. The molecule has 0 spiro atoms. The number of benzene rings is 2. The van der Waals surface area contributed by atoms with Crippen molar-refractivity contribution >= 4 is 60.9 Å². The Hall–Kier alpha value is -1.47. The van der Waals surface area contributed by atoms with Crippen LogP contribution in [0.2, 0.25) is 0 Å². The van der Waals surface area contributed by atoms with Crippen LogP contribution in [0, 0.1) is 6.92 Å². The molecular formula is C19H21BrClN3OS. The Kier molecular flexibility index (Phi) is 7.17. The van der Waals surface area contributed by atoms with Crippen molar-refractivity contribution in [3.8, 4) is 0 Å². The van der Waals surface area contributed by atoms with Gasteiger partial charge in [-0.05, 0) is 63.0 Å². The van der Waals surface area contributed by atoms with Crippen molar-refractivity contribution < 1.29 is 4.79 Å². The summed E-state index contributed by atoms with van der Waals surface area (Å²) in [5, 5.41) is 0.746. The Balaban J connectivity index is 0.00000243. The summed E-state index contributed by atoms with van der Waals surface area (Å²) in [6, 6.07) is 13.6. The van der Waals surface area contributed by atoms with Gasteiger partial charge >= 0.3 is 0 Å². The average Bonchev–Trinajstić information content (AvgIpc) is 2.98. The van der Waals surface area contributed by atoms with Crippen molar-refractivity contribution in [2.75, 3.05) is 32.1 Å². The van der Waals surface area contributed by atoms with E-state index in [1.165, 1.54) is 5.56 Å². The minimum Gasteiger partial charge on any atom is -0.308 e. The van der Waals surface area contributed by atoms with E-state index in [2.05, 4.69) is 33.8 Å². The zero-order chi connectivity index (χ0) is 18.0. The topological polar surface area (TPSA) is 36.4 Å². The summed E-state index contributed by atoms with van der Waals surface area (Å²) in [6.45, 7) is 3.44. The molecule has 3 rings (SSSR count). The van der Waals surface area contributed by atoms with E-state index in [4.69, 9.17) is 4.98 Å². The lowest BCUT2D eigenvalue weighted by Gasteiger charge is -2.22. The van der Waals surface area contributed by atoms with Crippen LogP contribution in [0.4, 0.5) is 5.13 Å². The van der Waals surface area contributed by atoms with Crippen LogP contribution in [0.15, 0.2) is 46.9 Å². The molecule has 138 valence electrons. The van der Waals surface area contributed by atoms with Gasteiger partial charge in [-0.1, -0.05) is 33.3 Å². The van der Waals surface area contributed by atoms with Gasteiger partial charge in [0.15, 0.2) is 5.13 Å². The fraction of sp³-hybridized carbons (Fsp3) is 0.263. The lowest BCUT2D eigenvalue weighted by molar-refractivity contribution is 0.0985. The van der Waals surface area contributed by atoms with Crippen LogP contribution >= 0.6 is 39.7 Å². The predicted molar refractivity (Wildman–Crippen MR) is 116 cm³/mol. The van der Waals surface area contributed by atoms with Gasteiger partial charge in [0, 0.05) is 23.1 Å². The van der Waals surface area contributed by atoms with Crippen LogP contribution in [0.3, 0.4) is 0 Å². The number of thiazole rings is 1. The molecule has 1 aromatic heterocycles. The number of amides is 1. The van der Waals surface area contributed by atoms with Crippen molar-refractivity contribution in [3.05, 3.63) is 58.1 Å². The Bertz CT molecular complexity index is 895. The van der Waals surface area contributed by atoms with Gasteiger partial charge in [0.1, 0.15) is 0 Å². The number of rotatable bonds is 5. The molecule has 0 aliphatic heterocycles. The van der Waals surface area contributed by atoms with Crippen LogP contribution in [0.1, 0.15) is 15.9 Å². The quantitative estimate of drug-likeness (QED) is 0.544. The molecule has 0 radical (unpaired) electrons. The number of anilines is 1. The van der Waals surface area contributed by atoms with Gasteiger partial charge in [0.05, 0.1) is 10.2 Å². The number of carbonyl (C=O) groups excluding carboxylic acids is 1. The lowest BCUT2D eigenvalue weighted by atomic mass is 10.2. The SMILES string of the molecule is Cc1ccc2nc(N(CCN(C)C)C(=O)c3ccc(Br)cc3)sc2c1.Cl. The molecule has 0 saturated carbocycles. The Morgan fingerprint density at radius 1 is 1.12 bits per heavy atom. The monoisotopic (exact) mass is 453 g/mol. The summed E-state index contributed by atoms with van der Waals surface area (Å²) >= 11 is 4.98. The van der Waals surface area contributed by atoms with Crippen LogP contribution in [-0.4, -0.2) is 43.0 Å². The average molecular weight is 455 g/mol. The van der Waals surface area contributed by atoms with E-state index in [0.717, 1.165) is 26.4 Å². The van der Waals surface area contributed by atoms with E-state index >= 15 is 0 Å². The maximum absolute atomic E-state index is 13.1. The number of hydrogen-bond donors (Lipinski definition) is 0. The third-order valence-corrected chi connectivity index (χ3v) is 5.44. The van der Waals surface area contributed by atoms with Crippen molar-refractivity contribution in [3.63, 3.8) is 0 Å².